The minimum absolute atomic E-state index is 0.321. The second-order valence-corrected chi connectivity index (χ2v) is 6.49. The molecule has 132 valence electrons. The average Bonchev–Trinajstić information content (AvgIpc) is 2.91. The summed E-state index contributed by atoms with van der Waals surface area (Å²) in [5, 5.41) is 4.76. The van der Waals surface area contributed by atoms with Gasteiger partial charge in [0.15, 0.2) is 0 Å². The Morgan fingerprint density at radius 3 is 2.65 bits per heavy atom. The minimum Gasteiger partial charge on any atom is -0.303 e. The lowest BCUT2D eigenvalue weighted by Gasteiger charge is -2.07. The summed E-state index contributed by atoms with van der Waals surface area (Å²) in [7, 11) is 0. The van der Waals surface area contributed by atoms with Crippen LogP contribution in [0.4, 0.5) is 0 Å². The molecule has 1 N–H and O–H groups in total. The Morgan fingerprint density at radius 1 is 1.15 bits per heavy atom. The zero-order valence-electron chi connectivity index (χ0n) is 14.2. The summed E-state index contributed by atoms with van der Waals surface area (Å²) < 4.78 is 2.03. The number of amides is 1. The third kappa shape index (κ3) is 3.79. The van der Waals surface area contributed by atoms with Gasteiger partial charge in [-0.2, -0.15) is 5.10 Å². The third-order valence-electron chi connectivity index (χ3n) is 3.90. The van der Waals surface area contributed by atoms with Crippen LogP contribution >= 0.6 is 23.2 Å². The van der Waals surface area contributed by atoms with Crippen LogP contribution in [0.1, 0.15) is 27.3 Å². The van der Waals surface area contributed by atoms with Crippen molar-refractivity contribution in [3.63, 3.8) is 0 Å². The molecule has 3 aromatic rings. The third-order valence-corrected chi connectivity index (χ3v) is 4.64. The molecule has 0 saturated heterocycles. The van der Waals surface area contributed by atoms with Crippen LogP contribution in [0.3, 0.4) is 0 Å². The molecule has 2 heterocycles. The Morgan fingerprint density at radius 2 is 1.96 bits per heavy atom. The van der Waals surface area contributed by atoms with E-state index in [4.69, 9.17) is 23.2 Å². The second-order valence-electron chi connectivity index (χ2n) is 5.68. The van der Waals surface area contributed by atoms with Gasteiger partial charge in [-0.1, -0.05) is 29.3 Å². The zero-order valence-corrected chi connectivity index (χ0v) is 15.7. The van der Waals surface area contributed by atoms with Crippen molar-refractivity contribution in [1.29, 1.82) is 0 Å². The molecule has 0 fully saturated rings. The fourth-order valence-corrected chi connectivity index (χ4v) is 2.92. The molecule has 0 radical (unpaired) electrons. The first kappa shape index (κ1) is 18.2. The molecular formula is C19H16Cl2N4O. The van der Waals surface area contributed by atoms with Gasteiger partial charge in [0.1, 0.15) is 5.82 Å². The van der Waals surface area contributed by atoms with Crippen LogP contribution in [-0.2, 0) is 0 Å². The normalized spacial score (nSPS) is 11.1. The van der Waals surface area contributed by atoms with Gasteiger partial charge in [-0.05, 0) is 50.2 Å². The monoisotopic (exact) mass is 386 g/mol. The molecule has 26 heavy (non-hydrogen) atoms. The number of aryl methyl sites for hydroxylation is 1. The molecule has 0 saturated carbocycles. The van der Waals surface area contributed by atoms with Crippen molar-refractivity contribution in [3.8, 4) is 5.82 Å². The molecule has 3 rings (SSSR count). The van der Waals surface area contributed by atoms with E-state index in [1.165, 1.54) is 6.07 Å². The van der Waals surface area contributed by atoms with Crippen LogP contribution in [0, 0.1) is 13.8 Å². The van der Waals surface area contributed by atoms with Crippen molar-refractivity contribution in [1.82, 2.24) is 15.0 Å². The van der Waals surface area contributed by atoms with Gasteiger partial charge in [-0.3, -0.25) is 4.79 Å². The zero-order chi connectivity index (χ0) is 18.7. The number of hydrogen-bond donors (Lipinski definition) is 1. The van der Waals surface area contributed by atoms with Crippen molar-refractivity contribution in [2.45, 2.75) is 13.8 Å². The molecule has 0 aliphatic heterocycles. The molecule has 0 aliphatic carbocycles. The van der Waals surface area contributed by atoms with E-state index in [-0.39, 0.29) is 5.91 Å². The van der Waals surface area contributed by atoms with E-state index in [9.17, 15) is 4.79 Å². The van der Waals surface area contributed by atoms with Gasteiger partial charge in [0.05, 0.1) is 16.3 Å². The van der Waals surface area contributed by atoms with E-state index in [2.05, 4.69) is 15.5 Å². The predicted octanol–water partition coefficient (Wildman–Crippen LogP) is 4.56. The van der Waals surface area contributed by atoms with Crippen LogP contribution < -0.4 is 5.43 Å². The van der Waals surface area contributed by atoms with Crippen molar-refractivity contribution < 1.29 is 4.79 Å². The van der Waals surface area contributed by atoms with Crippen molar-refractivity contribution >= 4 is 35.3 Å². The van der Waals surface area contributed by atoms with Gasteiger partial charge in [0, 0.05) is 28.7 Å². The van der Waals surface area contributed by atoms with Crippen LogP contribution in [0.2, 0.25) is 10.0 Å². The van der Waals surface area contributed by atoms with Gasteiger partial charge >= 0.3 is 0 Å². The predicted molar refractivity (Wildman–Crippen MR) is 105 cm³/mol. The number of hydrogen-bond acceptors (Lipinski definition) is 3. The number of pyridine rings is 1. The summed E-state index contributed by atoms with van der Waals surface area (Å²) in [5.41, 5.74) is 5.78. The molecular weight excluding hydrogens is 371 g/mol. The Bertz CT molecular complexity index is 981. The largest absolute Gasteiger partial charge is 0.303 e. The first-order valence-corrected chi connectivity index (χ1v) is 8.62. The maximum absolute atomic E-state index is 12.1. The van der Waals surface area contributed by atoms with Gasteiger partial charge in [0.25, 0.3) is 5.91 Å². The van der Waals surface area contributed by atoms with E-state index in [0.717, 1.165) is 22.8 Å². The molecule has 0 aliphatic rings. The quantitative estimate of drug-likeness (QED) is 0.527. The maximum Gasteiger partial charge on any atom is 0.271 e. The number of nitrogens with zero attached hydrogens (tertiary/aromatic N) is 3. The molecule has 5 nitrogen and oxygen atoms in total. The van der Waals surface area contributed by atoms with E-state index < -0.39 is 0 Å². The highest BCUT2D eigenvalue weighted by molar-refractivity contribution is 6.42. The molecule has 0 atom stereocenters. The summed E-state index contributed by atoms with van der Waals surface area (Å²) >= 11 is 11.8. The Labute approximate surface area is 161 Å². The van der Waals surface area contributed by atoms with Crippen molar-refractivity contribution in [3.05, 3.63) is 81.2 Å². The fraction of sp³-hybridized carbons (Fsp3) is 0.105. The molecule has 7 heteroatoms. The van der Waals surface area contributed by atoms with Crippen molar-refractivity contribution in [2.75, 3.05) is 0 Å². The number of rotatable bonds is 4. The Kier molecular flexibility index (Phi) is 5.40. The standard InChI is InChI=1S/C19H16Cl2N4O/c1-12-9-15(13(2)25(12)18-5-3-4-8-22-18)11-23-24-19(26)14-6-7-16(20)17(21)10-14/h3-11H,1-2H3,(H,24,26)/b23-11-. The van der Waals surface area contributed by atoms with Gasteiger partial charge in [-0.25, -0.2) is 10.4 Å². The highest BCUT2D eigenvalue weighted by Crippen LogP contribution is 2.22. The molecule has 0 unspecified atom stereocenters. The van der Waals surface area contributed by atoms with Crippen LogP contribution in [0.5, 0.6) is 0 Å². The van der Waals surface area contributed by atoms with Crippen LogP contribution in [0.25, 0.3) is 5.82 Å². The number of hydrazone groups is 1. The molecule has 0 bridgehead atoms. The molecule has 0 spiro atoms. The molecule has 2 aromatic heterocycles. The summed E-state index contributed by atoms with van der Waals surface area (Å²) in [6.45, 7) is 3.97. The van der Waals surface area contributed by atoms with Crippen LogP contribution in [0.15, 0.2) is 53.8 Å². The molecule has 1 amide bonds. The van der Waals surface area contributed by atoms with Gasteiger partial charge in [-0.15, -0.1) is 0 Å². The lowest BCUT2D eigenvalue weighted by atomic mass is 10.2. The summed E-state index contributed by atoms with van der Waals surface area (Å²) in [4.78, 5) is 16.5. The number of carbonyl (C=O) groups is 1. The van der Waals surface area contributed by atoms with Crippen LogP contribution in [-0.4, -0.2) is 21.7 Å². The lowest BCUT2D eigenvalue weighted by Crippen LogP contribution is -2.17. The van der Waals surface area contributed by atoms with E-state index in [1.54, 1.807) is 24.5 Å². The average molecular weight is 387 g/mol. The number of aromatic nitrogens is 2. The summed E-state index contributed by atoms with van der Waals surface area (Å²) in [6, 6.07) is 12.4. The van der Waals surface area contributed by atoms with E-state index >= 15 is 0 Å². The van der Waals surface area contributed by atoms with Gasteiger partial charge in [0.2, 0.25) is 0 Å². The number of halogens is 2. The van der Waals surface area contributed by atoms with E-state index in [0.29, 0.717) is 15.6 Å². The SMILES string of the molecule is Cc1cc(/C=N\NC(=O)c2ccc(Cl)c(Cl)c2)c(C)n1-c1ccccn1. The highest BCUT2D eigenvalue weighted by Gasteiger charge is 2.10. The maximum atomic E-state index is 12.1. The Balaban J connectivity index is 1.77. The number of carbonyl (C=O) groups excluding carboxylic acids is 1. The first-order valence-electron chi connectivity index (χ1n) is 7.86. The highest BCUT2D eigenvalue weighted by atomic mass is 35.5. The number of nitrogens with one attached hydrogen (secondary N) is 1. The van der Waals surface area contributed by atoms with Crippen molar-refractivity contribution in [2.24, 2.45) is 5.10 Å². The lowest BCUT2D eigenvalue weighted by molar-refractivity contribution is 0.0955. The fourth-order valence-electron chi connectivity index (χ4n) is 2.62. The summed E-state index contributed by atoms with van der Waals surface area (Å²) in [5.74, 6) is 0.473. The van der Waals surface area contributed by atoms with Gasteiger partial charge < -0.3 is 4.57 Å². The number of benzene rings is 1. The topological polar surface area (TPSA) is 59.3 Å². The smallest absolute Gasteiger partial charge is 0.271 e. The minimum atomic E-state index is -0.363. The molecule has 1 aromatic carbocycles. The summed E-state index contributed by atoms with van der Waals surface area (Å²) in [6.07, 6.45) is 3.36. The van der Waals surface area contributed by atoms with E-state index in [1.807, 2.05) is 42.7 Å². The first-order chi connectivity index (χ1) is 12.5. The Hall–Kier alpha value is -2.63. The second kappa shape index (κ2) is 7.72.